The first-order valence-corrected chi connectivity index (χ1v) is 22.5. The Bertz CT molecular complexity index is 1410. The molecular weight excluding hydrogens is 702 g/mol. The van der Waals surface area contributed by atoms with Gasteiger partial charge < -0.3 is 30.0 Å². The number of likely N-dealkylation sites (tertiary alicyclic amines) is 1. The van der Waals surface area contributed by atoms with Crippen LogP contribution in [0.4, 0.5) is 0 Å². The molecule has 2 saturated heterocycles. The predicted octanol–water partition coefficient (Wildman–Crippen LogP) is 5.05. The molecule has 2 heterocycles. The van der Waals surface area contributed by atoms with Crippen LogP contribution in [-0.2, 0) is 19.2 Å². The molecule has 4 amide bonds. The minimum atomic E-state index is -0.829. The lowest BCUT2D eigenvalue weighted by Gasteiger charge is -2.61. The first-order chi connectivity index (χ1) is 25.9. The molecule has 9 fully saturated rings. The molecule has 9 rings (SSSR count). The van der Waals surface area contributed by atoms with E-state index < -0.39 is 29.0 Å². The van der Waals surface area contributed by atoms with Gasteiger partial charge in [0, 0.05) is 58.1 Å². The van der Waals surface area contributed by atoms with E-state index in [1.165, 1.54) is 32.1 Å². The number of aliphatic hydroxyl groups excluding tert-OH is 1. The number of nitrogens with one attached hydrogen (secondary N) is 1. The van der Waals surface area contributed by atoms with E-state index in [1.54, 1.807) is 9.80 Å². The fourth-order valence-electron chi connectivity index (χ4n) is 13.8. The fraction of sp³-hybridized carbons (Fsp3) is 0.907. The van der Waals surface area contributed by atoms with Crippen LogP contribution in [0.1, 0.15) is 122 Å². The Morgan fingerprint density at radius 2 is 1.46 bits per heavy atom. The molecule has 2 N–H and O–H groups in total. The van der Waals surface area contributed by atoms with Gasteiger partial charge in [-0.25, -0.2) is 0 Å². The fourth-order valence-corrected chi connectivity index (χ4v) is 14.1. The summed E-state index contributed by atoms with van der Waals surface area (Å²) in [6.45, 7) is 3.92. The lowest BCUT2D eigenvalue weighted by Crippen LogP contribution is -2.64. The van der Waals surface area contributed by atoms with E-state index in [0.29, 0.717) is 43.1 Å². The summed E-state index contributed by atoms with van der Waals surface area (Å²) in [7, 11) is 3.96. The Kier molecular flexibility index (Phi) is 11.4. The number of piperazine rings is 1. The molecular formula is C43H68ClN5O5. The number of alkyl halides is 1. The number of fused-ring (bicyclic) bond motifs is 1. The maximum absolute atomic E-state index is 15.0. The van der Waals surface area contributed by atoms with E-state index in [1.807, 2.05) is 7.05 Å². The zero-order valence-corrected chi connectivity index (χ0v) is 34.0. The average Bonchev–Trinajstić information content (AvgIpc) is 3.55. The average molecular weight is 770 g/mol. The van der Waals surface area contributed by atoms with Crippen LogP contribution in [0.3, 0.4) is 0 Å². The molecule has 9 aliphatic rings. The van der Waals surface area contributed by atoms with Crippen molar-refractivity contribution in [2.45, 2.75) is 146 Å². The molecule has 11 heteroatoms. The topological polar surface area (TPSA) is 113 Å². The van der Waals surface area contributed by atoms with Gasteiger partial charge in [-0.1, -0.05) is 44.9 Å². The molecule has 0 aromatic carbocycles. The van der Waals surface area contributed by atoms with Gasteiger partial charge in [0.2, 0.25) is 23.6 Å². The van der Waals surface area contributed by atoms with E-state index >= 15 is 0 Å². The summed E-state index contributed by atoms with van der Waals surface area (Å²) in [5.74, 6) is 2.59. The predicted molar refractivity (Wildman–Crippen MR) is 208 cm³/mol. The van der Waals surface area contributed by atoms with Crippen molar-refractivity contribution in [3.63, 3.8) is 0 Å². The molecule has 0 aromatic heterocycles. The van der Waals surface area contributed by atoms with Crippen molar-refractivity contribution in [1.82, 2.24) is 24.9 Å². The SMILES string of the molecule is CN1CCN(C(=O)C23CC4CC(C2)CC(C(=O)N2C[C@H](O)CC2C(=O)NC(CC2CCC5CCCCC5C2)C(=O)N(C)CC2CCCCC2Cl)(C4)C3)CC1. The van der Waals surface area contributed by atoms with Crippen molar-refractivity contribution < 1.29 is 24.3 Å². The van der Waals surface area contributed by atoms with Gasteiger partial charge >= 0.3 is 0 Å². The van der Waals surface area contributed by atoms with E-state index in [9.17, 15) is 24.3 Å². The largest absolute Gasteiger partial charge is 0.391 e. The van der Waals surface area contributed by atoms with Gasteiger partial charge in [-0.15, -0.1) is 11.6 Å². The summed E-state index contributed by atoms with van der Waals surface area (Å²) >= 11 is 6.75. The van der Waals surface area contributed by atoms with E-state index in [4.69, 9.17) is 11.6 Å². The minimum absolute atomic E-state index is 0.0510. The number of aliphatic hydroxyl groups is 1. The van der Waals surface area contributed by atoms with Crippen LogP contribution in [0.2, 0.25) is 0 Å². The summed E-state index contributed by atoms with van der Waals surface area (Å²) in [6.07, 6.45) is 17.7. The highest BCUT2D eigenvalue weighted by Crippen LogP contribution is 2.66. The molecule has 0 radical (unpaired) electrons. The van der Waals surface area contributed by atoms with Crippen molar-refractivity contribution in [3.05, 3.63) is 0 Å². The lowest BCUT2D eigenvalue weighted by molar-refractivity contribution is -0.181. The van der Waals surface area contributed by atoms with Crippen molar-refractivity contribution in [3.8, 4) is 0 Å². The number of carbonyl (C=O) groups excluding carboxylic acids is 4. The molecule has 7 aliphatic carbocycles. The van der Waals surface area contributed by atoms with Crippen LogP contribution < -0.4 is 5.32 Å². The zero-order valence-electron chi connectivity index (χ0n) is 33.2. The van der Waals surface area contributed by atoms with Crippen LogP contribution in [0.5, 0.6) is 0 Å². The molecule has 7 saturated carbocycles. The van der Waals surface area contributed by atoms with Gasteiger partial charge in [0.05, 0.1) is 16.9 Å². The molecule has 302 valence electrons. The monoisotopic (exact) mass is 769 g/mol. The van der Waals surface area contributed by atoms with E-state index in [2.05, 4.69) is 22.2 Å². The van der Waals surface area contributed by atoms with Crippen molar-refractivity contribution in [2.75, 3.05) is 53.4 Å². The number of carbonyl (C=O) groups is 4. The third kappa shape index (κ3) is 7.71. The van der Waals surface area contributed by atoms with Crippen molar-refractivity contribution >= 4 is 35.2 Å². The molecule has 10 nitrogen and oxygen atoms in total. The summed E-state index contributed by atoms with van der Waals surface area (Å²) in [5.41, 5.74) is -1.19. The summed E-state index contributed by atoms with van der Waals surface area (Å²) < 4.78 is 0. The number of nitrogens with zero attached hydrogens (tertiary/aromatic N) is 4. The van der Waals surface area contributed by atoms with Gasteiger partial charge in [-0.3, -0.25) is 19.2 Å². The molecule has 0 spiro atoms. The smallest absolute Gasteiger partial charge is 0.244 e. The normalized spacial score (nSPS) is 41.3. The second-order valence-corrected chi connectivity index (χ2v) is 20.6. The Hall–Kier alpha value is -1.91. The van der Waals surface area contributed by atoms with Crippen LogP contribution >= 0.6 is 11.6 Å². The number of hydrogen-bond donors (Lipinski definition) is 2. The lowest BCUT2D eigenvalue weighted by atomic mass is 9.43. The first kappa shape index (κ1) is 38.9. The number of likely N-dealkylation sites (N-methyl/N-ethyl adjacent to an activating group) is 2. The minimum Gasteiger partial charge on any atom is -0.391 e. The molecule has 10 atom stereocenters. The highest BCUT2D eigenvalue weighted by Gasteiger charge is 2.65. The number of amides is 4. The third-order valence-corrected chi connectivity index (χ3v) is 16.7. The molecule has 9 unspecified atom stereocenters. The highest BCUT2D eigenvalue weighted by molar-refractivity contribution is 6.20. The first-order valence-electron chi connectivity index (χ1n) is 22.1. The van der Waals surface area contributed by atoms with Gasteiger partial charge in [0.1, 0.15) is 12.1 Å². The van der Waals surface area contributed by atoms with Crippen LogP contribution in [0, 0.1) is 46.3 Å². The molecule has 2 aliphatic heterocycles. The Morgan fingerprint density at radius 1 is 0.815 bits per heavy atom. The van der Waals surface area contributed by atoms with Crippen molar-refractivity contribution in [1.29, 1.82) is 0 Å². The molecule has 4 bridgehead atoms. The number of β-amino-alcohol motifs (C(OH)–C–C–N with tert-alkyl or cyclic N) is 1. The van der Waals surface area contributed by atoms with Gasteiger partial charge in [-0.2, -0.15) is 0 Å². The van der Waals surface area contributed by atoms with Crippen LogP contribution in [0.25, 0.3) is 0 Å². The molecule has 0 aromatic rings. The van der Waals surface area contributed by atoms with Gasteiger partial charge in [-0.05, 0) is 113 Å². The second-order valence-electron chi connectivity index (χ2n) is 20.0. The van der Waals surface area contributed by atoms with Gasteiger partial charge in [0.25, 0.3) is 0 Å². The zero-order chi connectivity index (χ0) is 37.8. The summed E-state index contributed by atoms with van der Waals surface area (Å²) in [5, 5.41) is 14.3. The van der Waals surface area contributed by atoms with Crippen molar-refractivity contribution in [2.24, 2.45) is 46.3 Å². The highest BCUT2D eigenvalue weighted by atomic mass is 35.5. The third-order valence-electron chi connectivity index (χ3n) is 16.1. The van der Waals surface area contributed by atoms with Gasteiger partial charge in [0.15, 0.2) is 0 Å². The maximum Gasteiger partial charge on any atom is 0.244 e. The quantitative estimate of drug-likeness (QED) is 0.318. The number of rotatable bonds is 9. The molecule has 54 heavy (non-hydrogen) atoms. The Labute approximate surface area is 328 Å². The van der Waals surface area contributed by atoms with E-state index in [-0.39, 0.29) is 47.9 Å². The van der Waals surface area contributed by atoms with E-state index in [0.717, 1.165) is 103 Å². The summed E-state index contributed by atoms with van der Waals surface area (Å²) in [4.78, 5) is 66.0. The number of hydrogen-bond acceptors (Lipinski definition) is 6. The Balaban J connectivity index is 0.991. The van der Waals surface area contributed by atoms with Crippen LogP contribution in [0.15, 0.2) is 0 Å². The second kappa shape index (κ2) is 15.8. The Morgan fingerprint density at radius 3 is 2.17 bits per heavy atom. The standard InChI is InChI=1S/C43H68ClN5O5/c1-46-13-15-48(16-14-46)40(53)42-21-29-17-30(22-42)24-43(23-29,27-42)41(54)49-26-34(50)20-37(49)38(51)45-36(19-28-11-12-31-7-3-4-8-32(31)18-28)39(52)47(2)25-33-9-5-6-10-35(33)44/h28-37,50H,3-27H2,1-2H3,(H,45,51)/t28?,29?,30?,31?,32?,33?,34-,35?,36?,37?,42?,43?/m1/s1. The number of halogens is 1. The summed E-state index contributed by atoms with van der Waals surface area (Å²) in [6, 6.07) is -1.51. The maximum atomic E-state index is 15.0. The van der Waals surface area contributed by atoms with Crippen LogP contribution in [-0.4, -0.2) is 125 Å².